The van der Waals surface area contributed by atoms with Crippen LogP contribution in [0.4, 0.5) is 5.69 Å². The van der Waals surface area contributed by atoms with Gasteiger partial charge in [0.1, 0.15) is 0 Å². The van der Waals surface area contributed by atoms with Crippen molar-refractivity contribution in [3.63, 3.8) is 0 Å². The van der Waals surface area contributed by atoms with E-state index in [1.165, 1.54) is 50.0 Å². The predicted molar refractivity (Wildman–Crippen MR) is 76.8 cm³/mol. The molecule has 1 aromatic rings. The summed E-state index contributed by atoms with van der Waals surface area (Å²) in [6.07, 6.45) is 9.30. The maximum atomic E-state index is 4.24. The Labute approximate surface area is 111 Å². The number of piperidine rings is 1. The standard InChI is InChI=1S/C15H25N3/c1-3-4-13-6-9-18(10-7-13)15-5-8-17-12-14(15)11-16-2/h5,8,12-13,16H,3-4,6-7,9-11H2,1-2H3. The molecule has 3 heteroatoms. The summed E-state index contributed by atoms with van der Waals surface area (Å²) >= 11 is 0. The zero-order valence-electron chi connectivity index (χ0n) is 11.7. The van der Waals surface area contributed by atoms with Gasteiger partial charge in [-0.15, -0.1) is 0 Å². The number of aromatic nitrogens is 1. The van der Waals surface area contributed by atoms with Crippen molar-refractivity contribution in [2.45, 2.75) is 39.2 Å². The van der Waals surface area contributed by atoms with E-state index in [1.54, 1.807) is 0 Å². The minimum absolute atomic E-state index is 0.901. The van der Waals surface area contributed by atoms with Crippen molar-refractivity contribution >= 4 is 5.69 Å². The van der Waals surface area contributed by atoms with Crippen molar-refractivity contribution in [1.29, 1.82) is 0 Å². The summed E-state index contributed by atoms with van der Waals surface area (Å²) in [6, 6.07) is 2.16. The van der Waals surface area contributed by atoms with Gasteiger partial charge >= 0.3 is 0 Å². The van der Waals surface area contributed by atoms with Gasteiger partial charge in [-0.25, -0.2) is 0 Å². The molecule has 0 aromatic carbocycles. The smallest absolute Gasteiger partial charge is 0.0442 e. The molecule has 0 radical (unpaired) electrons. The Morgan fingerprint density at radius 2 is 2.17 bits per heavy atom. The fraction of sp³-hybridized carbons (Fsp3) is 0.667. The van der Waals surface area contributed by atoms with Gasteiger partial charge in [-0.3, -0.25) is 4.98 Å². The monoisotopic (exact) mass is 247 g/mol. The summed E-state index contributed by atoms with van der Waals surface area (Å²) in [5, 5.41) is 3.23. The van der Waals surface area contributed by atoms with Crippen molar-refractivity contribution in [3.05, 3.63) is 24.0 Å². The van der Waals surface area contributed by atoms with Gasteiger partial charge in [0.25, 0.3) is 0 Å². The number of hydrogen-bond donors (Lipinski definition) is 1. The number of rotatable bonds is 5. The van der Waals surface area contributed by atoms with Crippen molar-refractivity contribution in [2.75, 3.05) is 25.0 Å². The Bertz CT molecular complexity index is 357. The summed E-state index contributed by atoms with van der Waals surface area (Å²) in [4.78, 5) is 6.76. The van der Waals surface area contributed by atoms with E-state index in [0.29, 0.717) is 0 Å². The van der Waals surface area contributed by atoms with Gasteiger partial charge in [-0.05, 0) is 31.9 Å². The molecular formula is C15H25N3. The Balaban J connectivity index is 2.00. The number of anilines is 1. The maximum Gasteiger partial charge on any atom is 0.0442 e. The second-order valence-corrected chi connectivity index (χ2v) is 5.25. The lowest BCUT2D eigenvalue weighted by molar-refractivity contribution is 0.378. The molecule has 2 heterocycles. The van der Waals surface area contributed by atoms with Crippen LogP contribution in [0, 0.1) is 5.92 Å². The number of nitrogens with zero attached hydrogens (tertiary/aromatic N) is 2. The molecule has 3 nitrogen and oxygen atoms in total. The molecule has 1 aromatic heterocycles. The first kappa shape index (κ1) is 13.3. The van der Waals surface area contributed by atoms with Crippen LogP contribution >= 0.6 is 0 Å². The minimum Gasteiger partial charge on any atom is -0.371 e. The molecule has 1 N–H and O–H groups in total. The van der Waals surface area contributed by atoms with E-state index in [-0.39, 0.29) is 0 Å². The number of hydrogen-bond acceptors (Lipinski definition) is 3. The molecule has 0 amide bonds. The summed E-state index contributed by atoms with van der Waals surface area (Å²) in [5.41, 5.74) is 2.68. The van der Waals surface area contributed by atoms with Gasteiger partial charge in [0, 0.05) is 43.3 Å². The topological polar surface area (TPSA) is 28.2 Å². The fourth-order valence-electron chi connectivity index (χ4n) is 2.93. The quantitative estimate of drug-likeness (QED) is 0.867. The molecule has 0 spiro atoms. The first-order valence-corrected chi connectivity index (χ1v) is 7.17. The van der Waals surface area contributed by atoms with Gasteiger partial charge < -0.3 is 10.2 Å². The molecule has 1 aliphatic heterocycles. The van der Waals surface area contributed by atoms with Crippen LogP contribution in [0.1, 0.15) is 38.2 Å². The first-order chi connectivity index (χ1) is 8.85. The highest BCUT2D eigenvalue weighted by Gasteiger charge is 2.20. The van der Waals surface area contributed by atoms with E-state index in [9.17, 15) is 0 Å². The van der Waals surface area contributed by atoms with E-state index in [2.05, 4.69) is 28.2 Å². The summed E-state index contributed by atoms with van der Waals surface area (Å²) in [5.74, 6) is 0.945. The first-order valence-electron chi connectivity index (χ1n) is 7.17. The van der Waals surface area contributed by atoms with E-state index in [0.717, 1.165) is 12.5 Å². The Kier molecular flexibility index (Phi) is 5.00. The Hall–Kier alpha value is -1.09. The SMILES string of the molecule is CCCC1CCN(c2ccncc2CNC)CC1. The number of nitrogens with one attached hydrogen (secondary N) is 1. The zero-order chi connectivity index (χ0) is 12.8. The summed E-state index contributed by atoms with van der Waals surface area (Å²) in [7, 11) is 1.99. The van der Waals surface area contributed by atoms with E-state index < -0.39 is 0 Å². The molecule has 0 aliphatic carbocycles. The molecule has 18 heavy (non-hydrogen) atoms. The van der Waals surface area contributed by atoms with Gasteiger partial charge in [0.15, 0.2) is 0 Å². The highest BCUT2D eigenvalue weighted by atomic mass is 15.1. The van der Waals surface area contributed by atoms with Crippen LogP contribution in [-0.2, 0) is 6.54 Å². The highest BCUT2D eigenvalue weighted by Crippen LogP contribution is 2.27. The molecule has 1 fully saturated rings. The lowest BCUT2D eigenvalue weighted by Gasteiger charge is -2.34. The van der Waals surface area contributed by atoms with Crippen LogP contribution in [0.2, 0.25) is 0 Å². The normalized spacial score (nSPS) is 17.1. The third-order valence-electron chi connectivity index (χ3n) is 3.90. The summed E-state index contributed by atoms with van der Waals surface area (Å²) in [6.45, 7) is 5.59. The van der Waals surface area contributed by atoms with E-state index >= 15 is 0 Å². The fourth-order valence-corrected chi connectivity index (χ4v) is 2.93. The average Bonchev–Trinajstić information content (AvgIpc) is 2.41. The van der Waals surface area contributed by atoms with Crippen LogP contribution in [0.15, 0.2) is 18.5 Å². The van der Waals surface area contributed by atoms with Gasteiger partial charge in [-0.1, -0.05) is 19.8 Å². The van der Waals surface area contributed by atoms with Crippen molar-refractivity contribution < 1.29 is 0 Å². The molecule has 0 atom stereocenters. The molecule has 100 valence electrons. The lowest BCUT2D eigenvalue weighted by Crippen LogP contribution is -2.34. The minimum atomic E-state index is 0.901. The molecule has 0 saturated carbocycles. The molecule has 1 aliphatic rings. The maximum absolute atomic E-state index is 4.24. The summed E-state index contributed by atoms with van der Waals surface area (Å²) < 4.78 is 0. The molecule has 0 unspecified atom stereocenters. The number of pyridine rings is 1. The van der Waals surface area contributed by atoms with Gasteiger partial charge in [-0.2, -0.15) is 0 Å². The second-order valence-electron chi connectivity index (χ2n) is 5.25. The third kappa shape index (κ3) is 3.22. The predicted octanol–water partition coefficient (Wildman–Crippen LogP) is 2.82. The van der Waals surface area contributed by atoms with Crippen LogP contribution in [-0.4, -0.2) is 25.1 Å². The van der Waals surface area contributed by atoms with Gasteiger partial charge in [0.05, 0.1) is 0 Å². The Morgan fingerprint density at radius 3 is 2.83 bits per heavy atom. The highest BCUT2D eigenvalue weighted by molar-refractivity contribution is 5.52. The third-order valence-corrected chi connectivity index (χ3v) is 3.90. The lowest BCUT2D eigenvalue weighted by atomic mass is 9.92. The van der Waals surface area contributed by atoms with Crippen molar-refractivity contribution in [3.8, 4) is 0 Å². The molecular weight excluding hydrogens is 222 g/mol. The van der Waals surface area contributed by atoms with Crippen LogP contribution in [0.3, 0.4) is 0 Å². The zero-order valence-corrected chi connectivity index (χ0v) is 11.7. The molecule has 0 bridgehead atoms. The largest absolute Gasteiger partial charge is 0.371 e. The second kappa shape index (κ2) is 6.74. The van der Waals surface area contributed by atoms with E-state index in [1.807, 2.05) is 19.4 Å². The van der Waals surface area contributed by atoms with Crippen molar-refractivity contribution in [2.24, 2.45) is 5.92 Å². The van der Waals surface area contributed by atoms with Crippen molar-refractivity contribution in [1.82, 2.24) is 10.3 Å². The van der Waals surface area contributed by atoms with Crippen LogP contribution in [0.25, 0.3) is 0 Å². The Morgan fingerprint density at radius 1 is 1.39 bits per heavy atom. The average molecular weight is 247 g/mol. The van der Waals surface area contributed by atoms with E-state index in [4.69, 9.17) is 0 Å². The molecule has 1 saturated heterocycles. The van der Waals surface area contributed by atoms with Gasteiger partial charge in [0.2, 0.25) is 0 Å². The van der Waals surface area contributed by atoms with Crippen LogP contribution < -0.4 is 10.2 Å². The van der Waals surface area contributed by atoms with Crippen LogP contribution in [0.5, 0.6) is 0 Å². The molecule has 2 rings (SSSR count).